The van der Waals surface area contributed by atoms with E-state index in [1.54, 1.807) is 0 Å². The number of ketones is 1. The highest BCUT2D eigenvalue weighted by Crippen LogP contribution is 2.27. The number of nitrogens with zero attached hydrogens (tertiary/aromatic N) is 2. The van der Waals surface area contributed by atoms with E-state index in [4.69, 9.17) is 10.3 Å². The van der Waals surface area contributed by atoms with Crippen LogP contribution in [-0.2, 0) is 19.1 Å². The van der Waals surface area contributed by atoms with Crippen molar-refractivity contribution in [1.29, 1.82) is 0 Å². The number of hydrogen-bond donors (Lipinski definition) is 2. The molecule has 128 valence electrons. The van der Waals surface area contributed by atoms with Crippen molar-refractivity contribution >= 4 is 23.9 Å². The van der Waals surface area contributed by atoms with Crippen molar-refractivity contribution in [1.82, 2.24) is 5.32 Å². The fourth-order valence-corrected chi connectivity index (χ4v) is 2.03. The molecule has 0 bridgehead atoms. The summed E-state index contributed by atoms with van der Waals surface area (Å²) in [4.78, 5) is 37.4. The Morgan fingerprint density at radius 1 is 1.39 bits per heavy atom. The van der Waals surface area contributed by atoms with E-state index in [0.717, 1.165) is 12.8 Å². The van der Waals surface area contributed by atoms with Crippen molar-refractivity contribution in [2.75, 3.05) is 0 Å². The second-order valence-electron chi connectivity index (χ2n) is 6.10. The van der Waals surface area contributed by atoms with Crippen LogP contribution < -0.4 is 5.32 Å². The van der Waals surface area contributed by atoms with E-state index >= 15 is 0 Å². The summed E-state index contributed by atoms with van der Waals surface area (Å²) in [5.41, 5.74) is 8.25. The second kappa shape index (κ2) is 9.17. The Morgan fingerprint density at radius 2 is 2.04 bits per heavy atom. The van der Waals surface area contributed by atoms with Crippen molar-refractivity contribution in [2.24, 2.45) is 5.92 Å². The van der Waals surface area contributed by atoms with Crippen LogP contribution in [0.1, 0.15) is 46.0 Å². The lowest BCUT2D eigenvalue weighted by Gasteiger charge is -2.21. The zero-order chi connectivity index (χ0) is 17.4. The molecular formula is C15H23N3O5. The Labute approximate surface area is 134 Å². The molecule has 0 aromatic carbocycles. The molecule has 2 unspecified atom stereocenters. The van der Waals surface area contributed by atoms with Gasteiger partial charge < -0.3 is 20.7 Å². The lowest BCUT2D eigenvalue weighted by atomic mass is 10.0. The minimum atomic E-state index is -1.22. The van der Waals surface area contributed by atoms with Crippen LogP contribution in [0, 0.1) is 5.92 Å². The van der Waals surface area contributed by atoms with Crippen LogP contribution in [0.5, 0.6) is 0 Å². The molecule has 1 aliphatic rings. The van der Waals surface area contributed by atoms with Gasteiger partial charge in [0, 0.05) is 6.42 Å². The molecule has 1 amide bonds. The lowest BCUT2D eigenvalue weighted by Crippen LogP contribution is -2.47. The Hall–Kier alpha value is -2.05. The molecule has 23 heavy (non-hydrogen) atoms. The highest BCUT2D eigenvalue weighted by atomic mass is 16.5. The second-order valence-corrected chi connectivity index (χ2v) is 6.10. The van der Waals surface area contributed by atoms with Crippen LogP contribution in [0.3, 0.4) is 0 Å². The van der Waals surface area contributed by atoms with Gasteiger partial charge in [-0.05, 0) is 31.6 Å². The average Bonchev–Trinajstić information content (AvgIpc) is 3.26. The maximum Gasteiger partial charge on any atom is 0.326 e. The first kappa shape index (κ1) is 19.0. The molecule has 8 heteroatoms. The summed E-state index contributed by atoms with van der Waals surface area (Å²) < 4.78 is 5.65. The monoisotopic (exact) mass is 325 g/mol. The molecule has 1 rings (SSSR count). The molecule has 0 saturated heterocycles. The molecule has 1 fully saturated rings. The van der Waals surface area contributed by atoms with E-state index < -0.39 is 29.8 Å². The van der Waals surface area contributed by atoms with Crippen molar-refractivity contribution < 1.29 is 29.0 Å². The summed E-state index contributed by atoms with van der Waals surface area (Å²) in [6.45, 7) is 3.91. The van der Waals surface area contributed by atoms with Gasteiger partial charge in [-0.1, -0.05) is 13.8 Å². The highest BCUT2D eigenvalue weighted by Gasteiger charge is 2.32. The predicted molar refractivity (Wildman–Crippen MR) is 80.8 cm³/mol. The molecule has 8 nitrogen and oxygen atoms in total. The van der Waals surface area contributed by atoms with Crippen molar-refractivity contribution in [3.63, 3.8) is 0 Å². The lowest BCUT2D eigenvalue weighted by molar-refractivity contribution is -0.145. The number of carbonyl (C=O) groups excluding carboxylic acids is 2. The topological polar surface area (TPSA) is 129 Å². The van der Waals surface area contributed by atoms with E-state index in [-0.39, 0.29) is 24.9 Å². The first-order valence-corrected chi connectivity index (χ1v) is 7.72. The fourth-order valence-electron chi connectivity index (χ4n) is 2.03. The van der Waals surface area contributed by atoms with Crippen molar-refractivity contribution in [3.05, 3.63) is 5.53 Å². The molecule has 0 aromatic rings. The number of hydrogen-bond acceptors (Lipinski definition) is 4. The van der Waals surface area contributed by atoms with Crippen LogP contribution in [0.4, 0.5) is 0 Å². The van der Waals surface area contributed by atoms with Crippen molar-refractivity contribution in [2.45, 2.75) is 64.2 Å². The summed E-state index contributed by atoms with van der Waals surface area (Å²) in [6.07, 6.45) is 2.22. The zero-order valence-corrected chi connectivity index (χ0v) is 13.4. The molecule has 2 atom stereocenters. The van der Waals surface area contributed by atoms with Crippen LogP contribution in [-0.4, -0.2) is 52.0 Å². The summed E-state index contributed by atoms with van der Waals surface area (Å²) in [5.74, 6) is -1.97. The molecule has 0 radical (unpaired) electrons. The summed E-state index contributed by atoms with van der Waals surface area (Å²) >= 11 is 0. The third-order valence-corrected chi connectivity index (χ3v) is 3.35. The Kier molecular flexibility index (Phi) is 7.57. The van der Waals surface area contributed by atoms with Crippen LogP contribution in [0.25, 0.3) is 5.53 Å². The van der Waals surface area contributed by atoms with Crippen LogP contribution in [0.15, 0.2) is 0 Å². The van der Waals surface area contributed by atoms with Gasteiger partial charge in [-0.25, -0.2) is 4.79 Å². The third kappa shape index (κ3) is 7.67. The maximum absolute atomic E-state index is 12.3. The zero-order valence-electron chi connectivity index (χ0n) is 13.4. The van der Waals surface area contributed by atoms with Gasteiger partial charge in [0.05, 0.1) is 6.10 Å². The minimum absolute atomic E-state index is 0.0788. The molecule has 0 aliphatic heterocycles. The van der Waals surface area contributed by atoms with Gasteiger partial charge in [0.2, 0.25) is 11.7 Å². The predicted octanol–water partition coefficient (Wildman–Crippen LogP) is 0.799. The largest absolute Gasteiger partial charge is 0.480 e. The number of Topliss-reactive ketones (excluding diaryl/α,β-unsaturated/α-hetero) is 1. The molecular weight excluding hydrogens is 302 g/mol. The molecule has 2 N–H and O–H groups in total. The smallest absolute Gasteiger partial charge is 0.326 e. The minimum Gasteiger partial charge on any atom is -0.480 e. The summed E-state index contributed by atoms with van der Waals surface area (Å²) in [7, 11) is 0. The molecule has 0 spiro atoms. The highest BCUT2D eigenvalue weighted by molar-refractivity contribution is 6.25. The number of nitrogens with one attached hydrogen (secondary N) is 1. The Bertz CT molecular complexity index is 491. The quantitative estimate of drug-likeness (QED) is 0.330. The van der Waals surface area contributed by atoms with Gasteiger partial charge in [0.15, 0.2) is 0 Å². The van der Waals surface area contributed by atoms with Gasteiger partial charge in [0.25, 0.3) is 0 Å². The van der Waals surface area contributed by atoms with Gasteiger partial charge in [-0.15, -0.1) is 0 Å². The van der Waals surface area contributed by atoms with E-state index in [9.17, 15) is 19.5 Å². The van der Waals surface area contributed by atoms with Crippen LogP contribution in [0.2, 0.25) is 0 Å². The van der Waals surface area contributed by atoms with Gasteiger partial charge in [-0.3, -0.25) is 9.59 Å². The van der Waals surface area contributed by atoms with Gasteiger partial charge >= 0.3 is 12.2 Å². The first-order chi connectivity index (χ1) is 10.8. The van der Waals surface area contributed by atoms with E-state index in [1.165, 1.54) is 0 Å². The summed E-state index contributed by atoms with van der Waals surface area (Å²) in [6, 6.07) is -1.18. The number of carboxylic acid groups (broad SMARTS) is 1. The third-order valence-electron chi connectivity index (χ3n) is 3.35. The van der Waals surface area contributed by atoms with E-state index in [1.807, 2.05) is 13.8 Å². The SMILES string of the molecule is CC(C)CC(OC1CC1)C(=O)NC(CCC(=O)C=[N+]=[N-])C(=O)O. The normalized spacial score (nSPS) is 16.3. The van der Waals surface area contributed by atoms with Crippen molar-refractivity contribution in [3.8, 4) is 0 Å². The molecule has 0 aromatic heterocycles. The van der Waals surface area contributed by atoms with Crippen LogP contribution >= 0.6 is 0 Å². The van der Waals surface area contributed by atoms with Gasteiger partial charge in [0.1, 0.15) is 12.1 Å². The summed E-state index contributed by atoms with van der Waals surface area (Å²) in [5, 5.41) is 11.6. The standard InChI is InChI=1S/C15H23N3O5/c1-9(2)7-13(23-11-4-5-11)14(20)18-12(15(21)22)6-3-10(19)8-17-16/h8-9,11-13H,3-7H2,1-2H3,(H,18,20)(H,21,22). The van der Waals surface area contributed by atoms with E-state index in [2.05, 4.69) is 10.1 Å². The molecule has 1 saturated carbocycles. The maximum atomic E-state index is 12.3. The Morgan fingerprint density at radius 3 is 2.52 bits per heavy atom. The number of carboxylic acids is 1. The average molecular weight is 325 g/mol. The molecule has 0 heterocycles. The van der Waals surface area contributed by atoms with E-state index in [0.29, 0.717) is 12.6 Å². The molecule has 1 aliphatic carbocycles. The Balaban J connectivity index is 2.60. The fraction of sp³-hybridized carbons (Fsp3) is 0.733. The first-order valence-electron chi connectivity index (χ1n) is 7.72. The number of amides is 1. The number of aliphatic carboxylic acids is 1. The number of rotatable bonds is 11. The number of ether oxygens (including phenoxy) is 1. The number of carbonyl (C=O) groups is 3. The van der Waals surface area contributed by atoms with Gasteiger partial charge in [-0.2, -0.15) is 4.79 Å².